The molecule has 0 saturated carbocycles. The van der Waals surface area contributed by atoms with Gasteiger partial charge in [-0.25, -0.2) is 0 Å². The van der Waals surface area contributed by atoms with Crippen LogP contribution >= 0.6 is 0 Å². The van der Waals surface area contributed by atoms with Gasteiger partial charge in [-0.05, 0) is 61.3 Å². The smallest absolute Gasteiger partial charge is 0.255 e. The van der Waals surface area contributed by atoms with Crippen molar-refractivity contribution in [3.05, 3.63) is 82.6 Å². The lowest BCUT2D eigenvalue weighted by Gasteiger charge is -2.38. The van der Waals surface area contributed by atoms with Crippen LogP contribution in [-0.2, 0) is 16.0 Å². The Balaban J connectivity index is 1.26. The second-order valence-electron chi connectivity index (χ2n) is 11.4. The molecule has 0 bridgehead atoms. The maximum atomic E-state index is 13.9. The SMILES string of the molecule is CC(C)C(NC(=O)C1Cc2c([nH]c3ccccc23)C2c3ccccc3C(=O)N12)C(=O)NCCC1=CCCCC1. The minimum Gasteiger partial charge on any atom is -0.356 e. The highest BCUT2D eigenvalue weighted by atomic mass is 16.2. The summed E-state index contributed by atoms with van der Waals surface area (Å²) < 4.78 is 0. The van der Waals surface area contributed by atoms with E-state index in [9.17, 15) is 14.4 Å². The molecular weight excluding hydrogens is 488 g/mol. The average Bonchev–Trinajstić information content (AvgIpc) is 3.47. The predicted octanol–water partition coefficient (Wildman–Crippen LogP) is 4.79. The fourth-order valence-electron chi connectivity index (χ4n) is 6.51. The number of fused-ring (bicyclic) bond motifs is 7. The van der Waals surface area contributed by atoms with Gasteiger partial charge < -0.3 is 20.5 Å². The Morgan fingerprint density at radius 2 is 1.87 bits per heavy atom. The Morgan fingerprint density at radius 3 is 2.67 bits per heavy atom. The Hall–Kier alpha value is -3.87. The molecule has 3 N–H and O–H groups in total. The van der Waals surface area contributed by atoms with E-state index >= 15 is 0 Å². The van der Waals surface area contributed by atoms with Gasteiger partial charge in [0.15, 0.2) is 0 Å². The van der Waals surface area contributed by atoms with E-state index in [4.69, 9.17) is 0 Å². The molecule has 0 fully saturated rings. The standard InChI is InChI=1S/C32H36N4O3/c1-19(2)27(31(38)33-17-16-20-10-4-3-5-11-20)35-30(37)26-18-24-21-12-8-9-15-25(21)34-28(24)29-22-13-6-7-14-23(22)32(39)36(26)29/h6-10,12-15,19,26-27,29,34H,3-5,11,16-18H2,1-2H3,(H,33,38)(H,35,37). The highest BCUT2D eigenvalue weighted by Crippen LogP contribution is 2.46. The summed E-state index contributed by atoms with van der Waals surface area (Å²) in [5.41, 5.74) is 5.95. The van der Waals surface area contributed by atoms with Crippen molar-refractivity contribution in [2.75, 3.05) is 6.54 Å². The summed E-state index contributed by atoms with van der Waals surface area (Å²) >= 11 is 0. The van der Waals surface area contributed by atoms with Gasteiger partial charge in [-0.1, -0.05) is 61.9 Å². The van der Waals surface area contributed by atoms with Crippen LogP contribution in [0.4, 0.5) is 0 Å². The molecular formula is C32H36N4O3. The van der Waals surface area contributed by atoms with Crippen LogP contribution in [0.2, 0.25) is 0 Å². The number of hydrogen-bond acceptors (Lipinski definition) is 3. The minimum atomic E-state index is -0.719. The second kappa shape index (κ2) is 10.4. The van der Waals surface area contributed by atoms with E-state index in [1.54, 1.807) is 4.90 Å². The van der Waals surface area contributed by atoms with E-state index in [-0.39, 0.29) is 29.7 Å². The van der Waals surface area contributed by atoms with Crippen LogP contribution < -0.4 is 10.6 Å². The molecule has 3 atom stereocenters. The van der Waals surface area contributed by atoms with E-state index in [1.165, 1.54) is 18.4 Å². The molecule has 202 valence electrons. The van der Waals surface area contributed by atoms with Crippen LogP contribution in [0.15, 0.2) is 60.2 Å². The number of carbonyl (C=O) groups is 3. The monoisotopic (exact) mass is 524 g/mol. The fourth-order valence-corrected chi connectivity index (χ4v) is 6.51. The van der Waals surface area contributed by atoms with Gasteiger partial charge in [0.05, 0.1) is 6.04 Å². The molecule has 3 amide bonds. The summed E-state index contributed by atoms with van der Waals surface area (Å²) in [6.07, 6.45) is 8.20. The number of carbonyl (C=O) groups excluding carboxylic acids is 3. The van der Waals surface area contributed by atoms with Gasteiger partial charge in [0.25, 0.3) is 5.91 Å². The number of H-pyrrole nitrogens is 1. The molecule has 3 aromatic rings. The quantitative estimate of drug-likeness (QED) is 0.388. The Labute approximate surface area is 229 Å². The number of benzene rings is 2. The van der Waals surface area contributed by atoms with Crippen molar-refractivity contribution in [1.29, 1.82) is 0 Å². The van der Waals surface area contributed by atoms with Crippen LogP contribution in [-0.4, -0.2) is 46.2 Å². The van der Waals surface area contributed by atoms with Crippen LogP contribution in [0.3, 0.4) is 0 Å². The molecule has 7 heteroatoms. The number of amides is 3. The zero-order valence-electron chi connectivity index (χ0n) is 22.6. The molecule has 6 rings (SSSR count). The molecule has 0 spiro atoms. The van der Waals surface area contributed by atoms with Crippen molar-refractivity contribution in [1.82, 2.24) is 20.5 Å². The highest BCUT2D eigenvalue weighted by molar-refractivity contribution is 6.04. The maximum Gasteiger partial charge on any atom is 0.255 e. The second-order valence-corrected chi connectivity index (χ2v) is 11.4. The van der Waals surface area contributed by atoms with Gasteiger partial charge in [0, 0.05) is 35.1 Å². The van der Waals surface area contributed by atoms with E-state index in [2.05, 4.69) is 27.8 Å². The zero-order chi connectivity index (χ0) is 27.1. The van der Waals surface area contributed by atoms with Gasteiger partial charge in [0.1, 0.15) is 12.1 Å². The van der Waals surface area contributed by atoms with E-state index in [0.29, 0.717) is 18.5 Å². The number of rotatable bonds is 7. The lowest BCUT2D eigenvalue weighted by atomic mass is 9.89. The lowest BCUT2D eigenvalue weighted by molar-refractivity contribution is -0.132. The lowest BCUT2D eigenvalue weighted by Crippen LogP contribution is -2.57. The third kappa shape index (κ3) is 4.54. The Morgan fingerprint density at radius 1 is 1.08 bits per heavy atom. The van der Waals surface area contributed by atoms with Crippen molar-refractivity contribution < 1.29 is 14.4 Å². The van der Waals surface area contributed by atoms with Crippen molar-refractivity contribution in [3.63, 3.8) is 0 Å². The van der Waals surface area contributed by atoms with E-state index in [0.717, 1.165) is 47.0 Å². The first-order valence-corrected chi connectivity index (χ1v) is 14.2. The van der Waals surface area contributed by atoms with Crippen LogP contribution in [0, 0.1) is 5.92 Å². The topological polar surface area (TPSA) is 94.3 Å². The largest absolute Gasteiger partial charge is 0.356 e. The molecule has 3 unspecified atom stereocenters. The van der Waals surface area contributed by atoms with Crippen molar-refractivity contribution in [2.24, 2.45) is 5.92 Å². The molecule has 2 aliphatic heterocycles. The number of aromatic amines is 1. The number of aromatic nitrogens is 1. The van der Waals surface area contributed by atoms with Crippen molar-refractivity contribution >= 4 is 28.6 Å². The van der Waals surface area contributed by atoms with Gasteiger partial charge in [0.2, 0.25) is 11.8 Å². The first-order chi connectivity index (χ1) is 18.9. The van der Waals surface area contributed by atoms with Gasteiger partial charge in [-0.2, -0.15) is 0 Å². The summed E-state index contributed by atoms with van der Waals surface area (Å²) in [6.45, 7) is 4.44. The molecule has 0 saturated heterocycles. The van der Waals surface area contributed by atoms with Crippen molar-refractivity contribution in [3.8, 4) is 0 Å². The first-order valence-electron chi connectivity index (χ1n) is 14.2. The van der Waals surface area contributed by atoms with Gasteiger partial charge in [-0.3, -0.25) is 14.4 Å². The number of nitrogens with one attached hydrogen (secondary N) is 3. The Bertz CT molecular complexity index is 1470. The maximum absolute atomic E-state index is 13.9. The number of hydrogen-bond donors (Lipinski definition) is 3. The molecule has 7 nitrogen and oxygen atoms in total. The summed E-state index contributed by atoms with van der Waals surface area (Å²) in [7, 11) is 0. The van der Waals surface area contributed by atoms with Gasteiger partial charge in [-0.15, -0.1) is 0 Å². The molecule has 1 aliphatic carbocycles. The first kappa shape index (κ1) is 25.4. The fraction of sp³-hybridized carbons (Fsp3) is 0.406. The number of para-hydroxylation sites is 1. The number of allylic oxidation sites excluding steroid dienone is 1. The molecule has 3 aliphatic rings. The molecule has 0 radical (unpaired) electrons. The Kier molecular flexibility index (Phi) is 6.75. The van der Waals surface area contributed by atoms with Crippen LogP contribution in [0.5, 0.6) is 0 Å². The summed E-state index contributed by atoms with van der Waals surface area (Å²) in [6, 6.07) is 13.9. The third-order valence-corrected chi connectivity index (χ3v) is 8.53. The van der Waals surface area contributed by atoms with Gasteiger partial charge >= 0.3 is 0 Å². The average molecular weight is 525 g/mol. The summed E-state index contributed by atoms with van der Waals surface area (Å²) in [4.78, 5) is 46.1. The molecule has 1 aromatic heterocycles. The third-order valence-electron chi connectivity index (χ3n) is 8.53. The number of nitrogens with zero attached hydrogens (tertiary/aromatic N) is 1. The highest BCUT2D eigenvalue weighted by Gasteiger charge is 2.49. The normalized spacial score (nSPS) is 20.7. The molecule has 39 heavy (non-hydrogen) atoms. The summed E-state index contributed by atoms with van der Waals surface area (Å²) in [5, 5.41) is 7.15. The predicted molar refractivity (Wildman–Crippen MR) is 151 cm³/mol. The van der Waals surface area contributed by atoms with E-state index in [1.807, 2.05) is 56.3 Å². The van der Waals surface area contributed by atoms with Crippen LogP contribution in [0.25, 0.3) is 10.9 Å². The minimum absolute atomic E-state index is 0.0997. The van der Waals surface area contributed by atoms with E-state index < -0.39 is 12.1 Å². The summed E-state index contributed by atoms with van der Waals surface area (Å²) in [5.74, 6) is -0.712. The molecule has 2 aromatic carbocycles. The zero-order valence-corrected chi connectivity index (χ0v) is 22.6. The molecule has 3 heterocycles. The van der Waals surface area contributed by atoms with Crippen LogP contribution in [0.1, 0.15) is 79.2 Å². The van der Waals surface area contributed by atoms with Crippen molar-refractivity contribution in [2.45, 2.75) is 70.5 Å².